The molecule has 0 saturated carbocycles. The first-order chi connectivity index (χ1) is 3.72. The first-order valence-electron chi connectivity index (χ1n) is 2.97. The van der Waals surface area contributed by atoms with E-state index in [0.29, 0.717) is 0 Å². The highest BCUT2D eigenvalue weighted by Crippen LogP contribution is 2.14. The molecule has 8 heavy (non-hydrogen) atoms. The summed E-state index contributed by atoms with van der Waals surface area (Å²) in [6, 6.07) is 0.259. The summed E-state index contributed by atoms with van der Waals surface area (Å²) in [5.41, 5.74) is 0. The third-order valence-corrected chi connectivity index (χ3v) is 1.84. The van der Waals surface area contributed by atoms with Crippen LogP contribution in [0, 0.1) is 7.05 Å². The number of rotatable bonds is 0. The molecule has 2 atom stereocenters. The monoisotopic (exact) mass is 114 g/mol. The lowest BCUT2D eigenvalue weighted by atomic mass is 10.2. The molecule has 0 spiro atoms. The fourth-order valence-electron chi connectivity index (χ4n) is 0.986. The molecule has 1 aliphatic heterocycles. The number of hydrogen-bond acceptors (Lipinski definition) is 2. The van der Waals surface area contributed by atoms with E-state index in [1.165, 1.54) is 0 Å². The van der Waals surface area contributed by atoms with Gasteiger partial charge in [0.05, 0.1) is 6.10 Å². The van der Waals surface area contributed by atoms with Gasteiger partial charge in [0.25, 0.3) is 0 Å². The van der Waals surface area contributed by atoms with Gasteiger partial charge in [0, 0.05) is 6.04 Å². The topological polar surface area (TPSA) is 23.5 Å². The van der Waals surface area contributed by atoms with Gasteiger partial charge < -0.3 is 10.0 Å². The Kier molecular flexibility index (Phi) is 1.54. The second-order valence-electron chi connectivity index (χ2n) is 2.41. The van der Waals surface area contributed by atoms with Gasteiger partial charge in [-0.1, -0.05) is 0 Å². The number of hydrogen-bond donors (Lipinski definition) is 1. The summed E-state index contributed by atoms with van der Waals surface area (Å²) in [5.74, 6) is 0. The smallest absolute Gasteiger partial charge is 0.0680 e. The number of nitrogens with zero attached hydrogens (tertiary/aromatic N) is 1. The molecule has 1 saturated heterocycles. The molecule has 1 heterocycles. The molecule has 1 N–H and O–H groups in total. The van der Waals surface area contributed by atoms with Gasteiger partial charge in [-0.25, -0.2) is 0 Å². The minimum Gasteiger partial charge on any atom is -0.455 e. The lowest BCUT2D eigenvalue weighted by molar-refractivity contribution is 0.142. The third-order valence-electron chi connectivity index (χ3n) is 1.84. The van der Waals surface area contributed by atoms with Crippen LogP contribution in [0.4, 0.5) is 0 Å². The maximum atomic E-state index is 9.09. The SMILES string of the molecule is [CH2-]N1CC[C@@H](O)[C@@H]1C. The number of likely N-dealkylation sites (tertiary alicyclic amines) is 1. The molecule has 1 aliphatic rings. The first-order valence-corrected chi connectivity index (χ1v) is 2.97. The highest BCUT2D eigenvalue weighted by atomic mass is 16.3. The molecule has 0 aliphatic carbocycles. The molecule has 0 radical (unpaired) electrons. The van der Waals surface area contributed by atoms with Crippen LogP contribution in [0.15, 0.2) is 0 Å². The summed E-state index contributed by atoms with van der Waals surface area (Å²) >= 11 is 0. The average Bonchev–Trinajstić information content (AvgIpc) is 1.98. The minimum atomic E-state index is -0.146. The van der Waals surface area contributed by atoms with E-state index >= 15 is 0 Å². The van der Waals surface area contributed by atoms with Crippen molar-refractivity contribution >= 4 is 0 Å². The van der Waals surface area contributed by atoms with E-state index in [1.807, 2.05) is 11.8 Å². The summed E-state index contributed by atoms with van der Waals surface area (Å²) in [6.45, 7) is 2.92. The van der Waals surface area contributed by atoms with Crippen molar-refractivity contribution in [2.75, 3.05) is 6.54 Å². The molecule has 2 nitrogen and oxygen atoms in total. The molecule has 1 fully saturated rings. The molecule has 0 unspecified atom stereocenters. The van der Waals surface area contributed by atoms with E-state index < -0.39 is 0 Å². The molecule has 0 bridgehead atoms. The Hall–Kier alpha value is -0.0800. The van der Waals surface area contributed by atoms with E-state index in [1.54, 1.807) is 0 Å². The Morgan fingerprint density at radius 3 is 2.50 bits per heavy atom. The lowest BCUT2D eigenvalue weighted by Gasteiger charge is -2.24. The fourth-order valence-corrected chi connectivity index (χ4v) is 0.986. The molecule has 48 valence electrons. The van der Waals surface area contributed by atoms with Crippen LogP contribution in [-0.2, 0) is 0 Å². The fraction of sp³-hybridized carbons (Fsp3) is 0.833. The van der Waals surface area contributed by atoms with Crippen molar-refractivity contribution < 1.29 is 5.11 Å². The standard InChI is InChI=1S/C6H12NO/c1-5-6(8)3-4-7(5)2/h5-6,8H,2-4H2,1H3/q-1/t5-,6+/m0/s1. The van der Waals surface area contributed by atoms with Gasteiger partial charge in [-0.15, -0.1) is 0 Å². The summed E-state index contributed by atoms with van der Waals surface area (Å²) in [4.78, 5) is 1.92. The van der Waals surface area contributed by atoms with Crippen LogP contribution in [0.25, 0.3) is 0 Å². The van der Waals surface area contributed by atoms with Gasteiger partial charge in [0.15, 0.2) is 0 Å². The van der Waals surface area contributed by atoms with Gasteiger partial charge in [0.1, 0.15) is 0 Å². The van der Waals surface area contributed by atoms with Gasteiger partial charge in [-0.05, 0) is 19.9 Å². The predicted molar refractivity (Wildman–Crippen MR) is 32.1 cm³/mol. The highest BCUT2D eigenvalue weighted by molar-refractivity contribution is 4.82. The van der Waals surface area contributed by atoms with E-state index in [-0.39, 0.29) is 12.1 Å². The molecular formula is C6H12NO-. The van der Waals surface area contributed by atoms with Gasteiger partial charge in [-0.2, -0.15) is 0 Å². The zero-order valence-corrected chi connectivity index (χ0v) is 5.17. The Bertz CT molecular complexity index is 74.6. The minimum absolute atomic E-state index is 0.146. The van der Waals surface area contributed by atoms with Crippen molar-refractivity contribution in [3.63, 3.8) is 0 Å². The number of aliphatic hydroxyl groups excluding tert-OH is 1. The maximum Gasteiger partial charge on any atom is 0.0680 e. The van der Waals surface area contributed by atoms with Crippen LogP contribution in [0.3, 0.4) is 0 Å². The van der Waals surface area contributed by atoms with Crippen molar-refractivity contribution in [3.05, 3.63) is 7.05 Å². The van der Waals surface area contributed by atoms with Crippen LogP contribution in [0.2, 0.25) is 0 Å². The zero-order valence-electron chi connectivity index (χ0n) is 5.17. The average molecular weight is 114 g/mol. The van der Waals surface area contributed by atoms with Crippen molar-refractivity contribution in [2.45, 2.75) is 25.5 Å². The van der Waals surface area contributed by atoms with Gasteiger partial charge in [0.2, 0.25) is 0 Å². The molecule has 0 aromatic rings. The second kappa shape index (κ2) is 2.03. The Morgan fingerprint density at radius 1 is 1.75 bits per heavy atom. The molecule has 2 heteroatoms. The van der Waals surface area contributed by atoms with Crippen LogP contribution in [0.5, 0.6) is 0 Å². The van der Waals surface area contributed by atoms with Gasteiger partial charge in [-0.3, -0.25) is 7.05 Å². The third kappa shape index (κ3) is 0.858. The predicted octanol–water partition coefficient (Wildman–Crippen LogP) is 0.233. The maximum absolute atomic E-state index is 9.09. The largest absolute Gasteiger partial charge is 0.455 e. The molecule has 0 amide bonds. The first kappa shape index (κ1) is 6.05. The summed E-state index contributed by atoms with van der Waals surface area (Å²) in [7, 11) is 3.74. The number of aliphatic hydroxyl groups is 1. The summed E-state index contributed by atoms with van der Waals surface area (Å²) < 4.78 is 0. The lowest BCUT2D eigenvalue weighted by Crippen LogP contribution is -2.26. The van der Waals surface area contributed by atoms with E-state index in [2.05, 4.69) is 7.05 Å². The zero-order chi connectivity index (χ0) is 6.15. The Balaban J connectivity index is 2.44. The van der Waals surface area contributed by atoms with Gasteiger partial charge >= 0.3 is 0 Å². The van der Waals surface area contributed by atoms with Crippen molar-refractivity contribution in [1.29, 1.82) is 0 Å². The second-order valence-corrected chi connectivity index (χ2v) is 2.41. The van der Waals surface area contributed by atoms with Crippen LogP contribution in [-0.4, -0.2) is 28.7 Å². The normalized spacial score (nSPS) is 40.9. The molecule has 0 aromatic carbocycles. The van der Waals surface area contributed by atoms with E-state index in [9.17, 15) is 0 Å². The van der Waals surface area contributed by atoms with Crippen LogP contribution < -0.4 is 0 Å². The van der Waals surface area contributed by atoms with Crippen molar-refractivity contribution in [3.8, 4) is 0 Å². The van der Waals surface area contributed by atoms with Crippen molar-refractivity contribution in [2.24, 2.45) is 0 Å². The van der Waals surface area contributed by atoms with E-state index in [4.69, 9.17) is 5.11 Å². The molecule has 0 aromatic heterocycles. The summed E-state index contributed by atoms with van der Waals surface area (Å²) in [6.07, 6.45) is 0.734. The van der Waals surface area contributed by atoms with E-state index in [0.717, 1.165) is 13.0 Å². The Morgan fingerprint density at radius 2 is 2.38 bits per heavy atom. The van der Waals surface area contributed by atoms with Crippen LogP contribution in [0.1, 0.15) is 13.3 Å². The summed E-state index contributed by atoms with van der Waals surface area (Å²) in [5, 5.41) is 9.09. The highest BCUT2D eigenvalue weighted by Gasteiger charge is 2.20. The molecular weight excluding hydrogens is 102 g/mol. The van der Waals surface area contributed by atoms with Crippen LogP contribution >= 0.6 is 0 Å². The molecule has 1 rings (SSSR count). The quantitative estimate of drug-likeness (QED) is 0.456. The van der Waals surface area contributed by atoms with Crippen molar-refractivity contribution in [1.82, 2.24) is 4.90 Å². The Labute approximate surface area is 50.1 Å².